The molecular weight excluding hydrogens is 220 g/mol. The molecule has 0 saturated carbocycles. The summed E-state index contributed by atoms with van der Waals surface area (Å²) in [5, 5.41) is 8.78. The maximum Gasteiger partial charge on any atom is 0.293 e. The third-order valence-electron chi connectivity index (χ3n) is 3.00. The number of benzene rings is 1. The lowest BCUT2D eigenvalue weighted by atomic mass is 10.1. The predicted molar refractivity (Wildman–Crippen MR) is 58.0 cm³/mol. The van der Waals surface area contributed by atoms with Gasteiger partial charge < -0.3 is 9.47 Å². The molecule has 1 spiro atoms. The average Bonchev–Trinajstić information content (AvgIpc) is 2.92. The summed E-state index contributed by atoms with van der Waals surface area (Å²) in [5.41, 5.74) is 1.39. The van der Waals surface area contributed by atoms with Gasteiger partial charge in [-0.2, -0.15) is 5.26 Å². The number of nitriles is 1. The van der Waals surface area contributed by atoms with E-state index in [1.807, 2.05) is 18.2 Å². The Hall–Kier alpha value is -1.90. The van der Waals surface area contributed by atoms with E-state index in [0.29, 0.717) is 24.5 Å². The first-order chi connectivity index (χ1) is 8.29. The average molecular weight is 230 g/mol. The zero-order valence-corrected chi connectivity index (χ0v) is 9.05. The maximum atomic E-state index is 12.3. The molecule has 1 aromatic carbocycles. The second-order valence-corrected chi connectivity index (χ2v) is 3.88. The summed E-state index contributed by atoms with van der Waals surface area (Å²) in [6.07, 6.45) is 0. The third-order valence-corrected chi connectivity index (χ3v) is 3.00. The first-order valence-electron chi connectivity index (χ1n) is 5.36. The first-order valence-corrected chi connectivity index (χ1v) is 5.36. The van der Waals surface area contributed by atoms with Crippen LogP contribution in [0.4, 0.5) is 5.69 Å². The number of ether oxygens (including phenoxy) is 2. The van der Waals surface area contributed by atoms with Gasteiger partial charge in [0, 0.05) is 5.56 Å². The van der Waals surface area contributed by atoms with Crippen LogP contribution in [0, 0.1) is 11.3 Å². The Morgan fingerprint density at radius 2 is 2.06 bits per heavy atom. The second-order valence-electron chi connectivity index (χ2n) is 3.88. The number of carbonyl (C=O) groups excluding carboxylic acids is 1. The lowest BCUT2D eigenvalue weighted by molar-refractivity contribution is -0.180. The Kier molecular flexibility index (Phi) is 2.15. The minimum atomic E-state index is -1.31. The Morgan fingerprint density at radius 1 is 1.35 bits per heavy atom. The van der Waals surface area contributed by atoms with Crippen molar-refractivity contribution in [2.45, 2.75) is 5.79 Å². The third kappa shape index (κ3) is 1.22. The van der Waals surface area contributed by atoms with E-state index in [9.17, 15) is 4.79 Å². The standard InChI is InChI=1S/C12H10N2O3/c13-5-6-14-10-4-2-1-3-9(10)12(11(14)15)16-7-8-17-12/h1-4H,6-8H2. The monoisotopic (exact) mass is 230 g/mol. The van der Waals surface area contributed by atoms with Gasteiger partial charge >= 0.3 is 0 Å². The maximum absolute atomic E-state index is 12.3. The number of anilines is 1. The lowest BCUT2D eigenvalue weighted by Crippen LogP contribution is -2.41. The van der Waals surface area contributed by atoms with Gasteiger partial charge in [0.15, 0.2) is 0 Å². The zero-order chi connectivity index (χ0) is 11.9. The van der Waals surface area contributed by atoms with Crippen molar-refractivity contribution in [1.29, 1.82) is 5.26 Å². The van der Waals surface area contributed by atoms with Gasteiger partial charge in [-0.3, -0.25) is 9.69 Å². The quantitative estimate of drug-likeness (QED) is 0.668. The Labute approximate surface area is 98.2 Å². The molecule has 0 unspecified atom stereocenters. The molecule has 2 aliphatic heterocycles. The molecule has 3 rings (SSSR count). The van der Waals surface area contributed by atoms with Crippen molar-refractivity contribution < 1.29 is 14.3 Å². The molecule has 1 amide bonds. The van der Waals surface area contributed by atoms with Crippen molar-refractivity contribution in [3.63, 3.8) is 0 Å². The molecule has 0 atom stereocenters. The van der Waals surface area contributed by atoms with Crippen molar-refractivity contribution >= 4 is 11.6 Å². The molecular formula is C12H10N2O3. The molecule has 0 aliphatic carbocycles. The first kappa shape index (κ1) is 10.3. The Bertz CT molecular complexity index is 515. The fourth-order valence-electron chi connectivity index (χ4n) is 2.31. The highest BCUT2D eigenvalue weighted by Gasteiger charge is 2.55. The van der Waals surface area contributed by atoms with Crippen molar-refractivity contribution in [2.24, 2.45) is 0 Å². The largest absolute Gasteiger partial charge is 0.336 e. The molecule has 2 aliphatic rings. The number of amides is 1. The van der Waals surface area contributed by atoms with Crippen LogP contribution in [0.15, 0.2) is 24.3 Å². The summed E-state index contributed by atoms with van der Waals surface area (Å²) in [6, 6.07) is 9.23. The van der Waals surface area contributed by atoms with Crippen LogP contribution in [0.25, 0.3) is 0 Å². The Morgan fingerprint density at radius 3 is 2.76 bits per heavy atom. The molecule has 0 N–H and O–H groups in total. The predicted octanol–water partition coefficient (Wildman–Crippen LogP) is 0.756. The molecule has 5 nitrogen and oxygen atoms in total. The number of hydrogen-bond donors (Lipinski definition) is 0. The minimum Gasteiger partial charge on any atom is -0.336 e. The molecule has 1 saturated heterocycles. The number of rotatable bonds is 1. The molecule has 86 valence electrons. The minimum absolute atomic E-state index is 0.00428. The highest BCUT2D eigenvalue weighted by atomic mass is 16.7. The van der Waals surface area contributed by atoms with Crippen LogP contribution >= 0.6 is 0 Å². The van der Waals surface area contributed by atoms with Crippen LogP contribution in [0.3, 0.4) is 0 Å². The van der Waals surface area contributed by atoms with Crippen LogP contribution in [0.1, 0.15) is 5.56 Å². The van der Waals surface area contributed by atoms with E-state index in [0.717, 1.165) is 0 Å². The summed E-state index contributed by atoms with van der Waals surface area (Å²) >= 11 is 0. The van der Waals surface area contributed by atoms with Gasteiger partial charge in [0.25, 0.3) is 11.7 Å². The molecule has 0 bridgehead atoms. The number of carbonyl (C=O) groups is 1. The normalized spacial score (nSPS) is 20.6. The van der Waals surface area contributed by atoms with E-state index in [1.165, 1.54) is 4.90 Å². The van der Waals surface area contributed by atoms with Crippen molar-refractivity contribution in [2.75, 3.05) is 24.7 Å². The van der Waals surface area contributed by atoms with E-state index in [4.69, 9.17) is 14.7 Å². The highest BCUT2D eigenvalue weighted by molar-refractivity contribution is 6.06. The van der Waals surface area contributed by atoms with E-state index in [1.54, 1.807) is 12.1 Å². The molecule has 0 radical (unpaired) electrons. The van der Waals surface area contributed by atoms with Crippen LogP contribution in [0.5, 0.6) is 0 Å². The molecule has 5 heteroatoms. The van der Waals surface area contributed by atoms with Crippen LogP contribution in [-0.4, -0.2) is 25.7 Å². The molecule has 1 fully saturated rings. The second kappa shape index (κ2) is 3.55. The van der Waals surface area contributed by atoms with Crippen molar-refractivity contribution in [3.8, 4) is 6.07 Å². The number of fused-ring (bicyclic) bond motifs is 2. The summed E-state index contributed by atoms with van der Waals surface area (Å²) < 4.78 is 11.0. The lowest BCUT2D eigenvalue weighted by Gasteiger charge is -2.20. The molecule has 0 aromatic heterocycles. The van der Waals surface area contributed by atoms with E-state index < -0.39 is 5.79 Å². The summed E-state index contributed by atoms with van der Waals surface area (Å²) in [4.78, 5) is 13.7. The summed E-state index contributed by atoms with van der Waals surface area (Å²) in [7, 11) is 0. The number of para-hydroxylation sites is 1. The molecule has 1 aromatic rings. The zero-order valence-electron chi connectivity index (χ0n) is 9.05. The van der Waals surface area contributed by atoms with E-state index in [2.05, 4.69) is 0 Å². The number of hydrogen-bond acceptors (Lipinski definition) is 4. The highest BCUT2D eigenvalue weighted by Crippen LogP contribution is 2.45. The van der Waals surface area contributed by atoms with Gasteiger partial charge in [0.1, 0.15) is 6.54 Å². The van der Waals surface area contributed by atoms with Gasteiger partial charge in [0.05, 0.1) is 25.0 Å². The van der Waals surface area contributed by atoms with Crippen molar-refractivity contribution in [1.82, 2.24) is 0 Å². The SMILES string of the molecule is N#CCN1C(=O)C2(OCCO2)c2ccccc21. The summed E-state index contributed by atoms with van der Waals surface area (Å²) in [5.74, 6) is -1.62. The van der Waals surface area contributed by atoms with Gasteiger partial charge in [0.2, 0.25) is 0 Å². The number of nitrogens with zero attached hydrogens (tertiary/aromatic N) is 2. The topological polar surface area (TPSA) is 62.6 Å². The molecule has 2 heterocycles. The van der Waals surface area contributed by atoms with Gasteiger partial charge in [-0.25, -0.2) is 0 Å². The Balaban J connectivity index is 2.16. The summed E-state index contributed by atoms with van der Waals surface area (Å²) in [6.45, 7) is 0.783. The fraction of sp³-hybridized carbons (Fsp3) is 0.333. The van der Waals surface area contributed by atoms with Gasteiger partial charge in [-0.15, -0.1) is 0 Å². The van der Waals surface area contributed by atoms with Gasteiger partial charge in [-0.1, -0.05) is 18.2 Å². The molecule has 17 heavy (non-hydrogen) atoms. The smallest absolute Gasteiger partial charge is 0.293 e. The van der Waals surface area contributed by atoms with Crippen LogP contribution in [0.2, 0.25) is 0 Å². The van der Waals surface area contributed by atoms with Crippen molar-refractivity contribution in [3.05, 3.63) is 29.8 Å². The van der Waals surface area contributed by atoms with Gasteiger partial charge in [-0.05, 0) is 6.07 Å². The van der Waals surface area contributed by atoms with E-state index >= 15 is 0 Å². The van der Waals surface area contributed by atoms with Crippen LogP contribution < -0.4 is 4.90 Å². The fourth-order valence-corrected chi connectivity index (χ4v) is 2.31. The van der Waals surface area contributed by atoms with E-state index in [-0.39, 0.29) is 12.5 Å². The van der Waals surface area contributed by atoms with Crippen LogP contribution in [-0.2, 0) is 20.1 Å².